The second kappa shape index (κ2) is 4.30. The van der Waals surface area contributed by atoms with Gasteiger partial charge < -0.3 is 5.73 Å². The molecule has 0 aliphatic carbocycles. The Kier molecular flexibility index (Phi) is 3.30. The summed E-state index contributed by atoms with van der Waals surface area (Å²) in [5.41, 5.74) is 9.02. The summed E-state index contributed by atoms with van der Waals surface area (Å²) in [4.78, 5) is 3.68. The molecule has 0 unspecified atom stereocenters. The van der Waals surface area contributed by atoms with Crippen molar-refractivity contribution in [2.45, 2.75) is 26.2 Å². The third kappa shape index (κ3) is 2.94. The monoisotopic (exact) mass is 202 g/mol. The first-order chi connectivity index (χ1) is 6.95. The third-order valence-electron chi connectivity index (χ3n) is 2.31. The summed E-state index contributed by atoms with van der Waals surface area (Å²) in [6.07, 6.45) is 3.52. The van der Waals surface area contributed by atoms with Crippen LogP contribution in [-0.2, 0) is 5.41 Å². The number of nitrogens with two attached hydrogens (primary N) is 1. The molecule has 15 heavy (non-hydrogen) atoms. The Bertz CT molecular complexity index is 384. The van der Waals surface area contributed by atoms with E-state index in [0.717, 1.165) is 11.3 Å². The fraction of sp³-hybridized carbons (Fsp3) is 0.308. The van der Waals surface area contributed by atoms with Crippen LogP contribution < -0.4 is 5.73 Å². The van der Waals surface area contributed by atoms with E-state index in [2.05, 4.69) is 44.6 Å². The highest BCUT2D eigenvalue weighted by Crippen LogP contribution is 2.26. The van der Waals surface area contributed by atoms with Crippen molar-refractivity contribution in [3.05, 3.63) is 35.5 Å². The minimum Gasteiger partial charge on any atom is -0.398 e. The summed E-state index contributed by atoms with van der Waals surface area (Å²) in [6, 6.07) is 6.09. The Morgan fingerprint density at radius 2 is 2.00 bits per heavy atom. The van der Waals surface area contributed by atoms with Crippen molar-refractivity contribution >= 4 is 18.5 Å². The second-order valence-electron chi connectivity index (χ2n) is 4.59. The van der Waals surface area contributed by atoms with Crippen LogP contribution in [0.4, 0.5) is 5.69 Å². The number of anilines is 1. The Hall–Kier alpha value is -1.57. The van der Waals surface area contributed by atoms with Crippen LogP contribution in [0.5, 0.6) is 0 Å². The Labute approximate surface area is 91.5 Å². The molecule has 0 amide bonds. The smallest absolute Gasteiger partial charge is 0.0388 e. The van der Waals surface area contributed by atoms with Gasteiger partial charge in [-0.3, -0.25) is 4.99 Å². The van der Waals surface area contributed by atoms with Gasteiger partial charge in [0, 0.05) is 11.9 Å². The molecule has 0 atom stereocenters. The Morgan fingerprint density at radius 1 is 1.33 bits per heavy atom. The lowest BCUT2D eigenvalue weighted by atomic mass is 9.86. The van der Waals surface area contributed by atoms with Crippen LogP contribution in [0.3, 0.4) is 0 Å². The minimum absolute atomic E-state index is 0.137. The topological polar surface area (TPSA) is 38.4 Å². The molecule has 0 heterocycles. The van der Waals surface area contributed by atoms with Crippen molar-refractivity contribution in [1.29, 1.82) is 0 Å². The van der Waals surface area contributed by atoms with Gasteiger partial charge >= 0.3 is 0 Å². The van der Waals surface area contributed by atoms with Gasteiger partial charge in [-0.05, 0) is 41.5 Å². The summed E-state index contributed by atoms with van der Waals surface area (Å²) in [5, 5.41) is 0. The first-order valence-electron chi connectivity index (χ1n) is 4.97. The van der Waals surface area contributed by atoms with Crippen molar-refractivity contribution in [3.63, 3.8) is 0 Å². The molecule has 1 rings (SSSR count). The van der Waals surface area contributed by atoms with Crippen molar-refractivity contribution in [2.24, 2.45) is 4.99 Å². The highest BCUT2D eigenvalue weighted by atomic mass is 14.6. The van der Waals surface area contributed by atoms with E-state index in [0.29, 0.717) is 0 Å². The molecular formula is C13H18N2. The molecule has 0 radical (unpaired) electrons. The van der Waals surface area contributed by atoms with Gasteiger partial charge in [0.25, 0.3) is 0 Å². The lowest BCUT2D eigenvalue weighted by Crippen LogP contribution is -2.11. The number of nitrogen functional groups attached to an aromatic ring is 1. The van der Waals surface area contributed by atoms with Crippen LogP contribution in [0, 0.1) is 0 Å². The molecule has 1 aromatic carbocycles. The van der Waals surface area contributed by atoms with Crippen molar-refractivity contribution in [1.82, 2.24) is 0 Å². The van der Waals surface area contributed by atoms with Gasteiger partial charge in [-0.25, -0.2) is 0 Å². The molecule has 0 fully saturated rings. The van der Waals surface area contributed by atoms with E-state index >= 15 is 0 Å². The summed E-state index contributed by atoms with van der Waals surface area (Å²) >= 11 is 0. The predicted molar refractivity (Wildman–Crippen MR) is 68.1 cm³/mol. The van der Waals surface area contributed by atoms with Crippen LogP contribution in [0.2, 0.25) is 0 Å². The zero-order valence-electron chi connectivity index (χ0n) is 9.62. The molecule has 80 valence electrons. The SMILES string of the molecule is C=N/C=C\c1cc(C(C)(C)C)ccc1N. The number of hydrogen-bond donors (Lipinski definition) is 1. The molecule has 0 aromatic heterocycles. The summed E-state index contributed by atoms with van der Waals surface area (Å²) in [7, 11) is 0. The third-order valence-corrected chi connectivity index (χ3v) is 2.31. The van der Waals surface area contributed by atoms with Crippen molar-refractivity contribution in [3.8, 4) is 0 Å². The molecule has 1 aromatic rings. The lowest BCUT2D eigenvalue weighted by Gasteiger charge is -2.19. The van der Waals surface area contributed by atoms with Crippen LogP contribution in [-0.4, -0.2) is 6.72 Å². The van der Waals surface area contributed by atoms with E-state index < -0.39 is 0 Å². The number of nitrogens with zero attached hydrogens (tertiary/aromatic N) is 1. The highest BCUT2D eigenvalue weighted by molar-refractivity contribution is 5.65. The molecule has 2 nitrogen and oxygen atoms in total. The zero-order chi connectivity index (χ0) is 11.5. The van der Waals surface area contributed by atoms with E-state index in [9.17, 15) is 0 Å². The maximum atomic E-state index is 5.86. The van der Waals surface area contributed by atoms with Crippen molar-refractivity contribution in [2.75, 3.05) is 5.73 Å². The first kappa shape index (κ1) is 11.5. The van der Waals surface area contributed by atoms with Gasteiger partial charge in [-0.2, -0.15) is 0 Å². The molecular weight excluding hydrogens is 184 g/mol. The number of benzene rings is 1. The largest absolute Gasteiger partial charge is 0.398 e. The van der Waals surface area contributed by atoms with Gasteiger partial charge in [0.2, 0.25) is 0 Å². The van der Waals surface area contributed by atoms with Crippen molar-refractivity contribution < 1.29 is 0 Å². The normalized spacial score (nSPS) is 11.9. The summed E-state index contributed by atoms with van der Waals surface area (Å²) in [5.74, 6) is 0. The highest BCUT2D eigenvalue weighted by Gasteiger charge is 2.13. The van der Waals surface area contributed by atoms with E-state index in [1.54, 1.807) is 6.20 Å². The molecule has 0 saturated heterocycles. The quantitative estimate of drug-likeness (QED) is 0.580. The van der Waals surface area contributed by atoms with Gasteiger partial charge in [0.15, 0.2) is 0 Å². The zero-order valence-corrected chi connectivity index (χ0v) is 9.62. The fourth-order valence-electron chi connectivity index (χ4n) is 1.32. The molecule has 2 heteroatoms. The fourth-order valence-corrected chi connectivity index (χ4v) is 1.32. The molecule has 0 spiro atoms. The minimum atomic E-state index is 0.137. The predicted octanol–water partition coefficient (Wildman–Crippen LogP) is 3.24. The molecule has 0 aliphatic rings. The van der Waals surface area contributed by atoms with Gasteiger partial charge in [0.1, 0.15) is 0 Å². The average Bonchev–Trinajstić information content (AvgIpc) is 2.15. The Balaban J connectivity index is 3.16. The molecule has 2 N–H and O–H groups in total. The standard InChI is InChI=1S/C13H18N2/c1-13(2,3)11-5-6-12(14)10(9-11)7-8-15-4/h5-9H,4,14H2,1-3H3/b8-7-. The summed E-state index contributed by atoms with van der Waals surface area (Å²) in [6.45, 7) is 9.93. The summed E-state index contributed by atoms with van der Waals surface area (Å²) < 4.78 is 0. The molecule has 0 saturated carbocycles. The lowest BCUT2D eigenvalue weighted by molar-refractivity contribution is 0.590. The van der Waals surface area contributed by atoms with E-state index in [4.69, 9.17) is 5.73 Å². The van der Waals surface area contributed by atoms with E-state index in [1.807, 2.05) is 12.1 Å². The van der Waals surface area contributed by atoms with E-state index in [1.165, 1.54) is 5.56 Å². The second-order valence-corrected chi connectivity index (χ2v) is 4.59. The van der Waals surface area contributed by atoms with E-state index in [-0.39, 0.29) is 5.41 Å². The van der Waals surface area contributed by atoms with Crippen LogP contribution in [0.15, 0.2) is 29.4 Å². The maximum Gasteiger partial charge on any atom is 0.0388 e. The number of rotatable bonds is 2. The van der Waals surface area contributed by atoms with Gasteiger partial charge in [-0.1, -0.05) is 26.8 Å². The Morgan fingerprint density at radius 3 is 2.53 bits per heavy atom. The maximum absolute atomic E-state index is 5.86. The number of aliphatic imine (C=N–C) groups is 1. The van der Waals surface area contributed by atoms with Gasteiger partial charge in [-0.15, -0.1) is 0 Å². The average molecular weight is 202 g/mol. The molecule has 0 aliphatic heterocycles. The first-order valence-corrected chi connectivity index (χ1v) is 4.97. The van der Waals surface area contributed by atoms with Gasteiger partial charge in [0.05, 0.1) is 0 Å². The van der Waals surface area contributed by atoms with Crippen LogP contribution >= 0.6 is 0 Å². The van der Waals surface area contributed by atoms with Crippen LogP contribution in [0.25, 0.3) is 6.08 Å². The van der Waals surface area contributed by atoms with Crippen LogP contribution in [0.1, 0.15) is 31.9 Å². The molecule has 0 bridgehead atoms. The number of hydrogen-bond acceptors (Lipinski definition) is 2.